The van der Waals surface area contributed by atoms with Gasteiger partial charge in [0.15, 0.2) is 0 Å². The van der Waals surface area contributed by atoms with E-state index in [9.17, 15) is 0 Å². The van der Waals surface area contributed by atoms with Crippen LogP contribution in [-0.2, 0) is 18.6 Å². The molecule has 2 rings (SSSR count). The van der Waals surface area contributed by atoms with Gasteiger partial charge in [-0.2, -0.15) is 0 Å². The summed E-state index contributed by atoms with van der Waals surface area (Å²) in [6.07, 6.45) is 12.5. The first-order chi connectivity index (χ1) is 12.8. The molecule has 0 aromatic heterocycles. The lowest BCUT2D eigenvalue weighted by molar-refractivity contribution is 0.00578. The van der Waals surface area contributed by atoms with Crippen LogP contribution in [0.2, 0.25) is 0 Å². The molecule has 0 spiro atoms. The molecule has 0 aromatic carbocycles. The molecule has 0 radical (unpaired) electrons. The molecule has 158 valence electrons. The third kappa shape index (κ3) is 5.13. The largest absolute Gasteiger partial charge is 0.486 e. The Morgan fingerprint density at radius 3 is 1.50 bits per heavy atom. The molecule has 0 aliphatic carbocycles. The Morgan fingerprint density at radius 2 is 1.11 bits per heavy atom. The van der Waals surface area contributed by atoms with Crippen molar-refractivity contribution in [3.8, 4) is 0 Å². The van der Waals surface area contributed by atoms with Crippen LogP contribution in [0.1, 0.15) is 94.4 Å². The summed E-state index contributed by atoms with van der Waals surface area (Å²) >= 11 is 0. The molecular formula is C22H40B2O4. The summed E-state index contributed by atoms with van der Waals surface area (Å²) in [5.41, 5.74) is -1.59. The number of hydrogen-bond acceptors (Lipinski definition) is 4. The van der Waals surface area contributed by atoms with E-state index in [1.165, 1.54) is 25.7 Å². The Hall–Kier alpha value is -0.550. The molecule has 0 N–H and O–H groups in total. The predicted octanol–water partition coefficient (Wildman–Crippen LogP) is 5.70. The van der Waals surface area contributed by atoms with Crippen LogP contribution in [0.3, 0.4) is 0 Å². The van der Waals surface area contributed by atoms with Crippen LogP contribution in [0.25, 0.3) is 0 Å². The lowest BCUT2D eigenvalue weighted by Crippen LogP contribution is -2.41. The summed E-state index contributed by atoms with van der Waals surface area (Å²) in [6, 6.07) is 0. The molecule has 6 heteroatoms. The number of allylic oxidation sites excluding steroid dienone is 3. The molecule has 28 heavy (non-hydrogen) atoms. The van der Waals surface area contributed by atoms with Crippen LogP contribution in [0.4, 0.5) is 0 Å². The zero-order valence-corrected chi connectivity index (χ0v) is 19.6. The van der Waals surface area contributed by atoms with Gasteiger partial charge in [0.25, 0.3) is 0 Å². The second-order valence-corrected chi connectivity index (χ2v) is 10.1. The Labute approximate surface area is 173 Å². The van der Waals surface area contributed by atoms with Crippen LogP contribution >= 0.6 is 0 Å². The molecule has 2 saturated heterocycles. The van der Waals surface area contributed by atoms with Crippen molar-refractivity contribution in [1.29, 1.82) is 0 Å². The van der Waals surface area contributed by atoms with Gasteiger partial charge >= 0.3 is 14.2 Å². The van der Waals surface area contributed by atoms with E-state index in [1.807, 2.05) is 0 Å². The molecule has 2 fully saturated rings. The summed E-state index contributed by atoms with van der Waals surface area (Å²) < 4.78 is 25.2. The van der Waals surface area contributed by atoms with Gasteiger partial charge < -0.3 is 18.6 Å². The average Bonchev–Trinajstić information content (AvgIpc) is 2.89. The number of hydrogen-bond donors (Lipinski definition) is 0. The topological polar surface area (TPSA) is 36.9 Å². The van der Waals surface area contributed by atoms with Gasteiger partial charge in [-0.25, -0.2) is 0 Å². The van der Waals surface area contributed by atoms with Gasteiger partial charge in [-0.15, -0.1) is 0 Å². The molecule has 0 saturated carbocycles. The van der Waals surface area contributed by atoms with E-state index < -0.39 is 36.6 Å². The highest BCUT2D eigenvalue weighted by Gasteiger charge is 2.59. The first kappa shape index (κ1) is 23.7. The maximum atomic E-state index is 6.30. The monoisotopic (exact) mass is 390 g/mol. The molecule has 2 heterocycles. The average molecular weight is 390 g/mol. The lowest BCUT2D eigenvalue weighted by atomic mass is 9.57. The second kappa shape index (κ2) is 8.67. The van der Waals surface area contributed by atoms with Crippen molar-refractivity contribution >= 4 is 14.2 Å². The van der Waals surface area contributed by atoms with Crippen LogP contribution < -0.4 is 0 Å². The summed E-state index contributed by atoms with van der Waals surface area (Å²) in [4.78, 5) is 0. The zero-order valence-electron chi connectivity index (χ0n) is 19.6. The highest BCUT2D eigenvalue weighted by atomic mass is 16.7. The van der Waals surface area contributed by atoms with Gasteiger partial charge in [-0.1, -0.05) is 44.4 Å². The number of unbranched alkanes of at least 4 members (excludes halogenated alkanes) is 4. The van der Waals surface area contributed by atoms with Crippen molar-refractivity contribution in [1.82, 2.24) is 0 Å². The van der Waals surface area contributed by atoms with E-state index in [2.05, 4.69) is 80.5 Å². The normalized spacial score (nSPS) is 24.9. The second-order valence-electron chi connectivity index (χ2n) is 10.1. The van der Waals surface area contributed by atoms with Gasteiger partial charge in [0.1, 0.15) is 0 Å². The Kier molecular flexibility index (Phi) is 7.35. The molecule has 0 amide bonds. The van der Waals surface area contributed by atoms with E-state index in [0.29, 0.717) is 0 Å². The Balaban J connectivity index is 2.18. The van der Waals surface area contributed by atoms with Crippen LogP contribution in [0.5, 0.6) is 0 Å². The first-order valence-corrected chi connectivity index (χ1v) is 10.9. The van der Waals surface area contributed by atoms with Crippen molar-refractivity contribution in [2.24, 2.45) is 0 Å². The molecule has 4 nitrogen and oxygen atoms in total. The fourth-order valence-corrected chi connectivity index (χ4v) is 3.19. The van der Waals surface area contributed by atoms with Crippen LogP contribution in [0.15, 0.2) is 23.6 Å². The molecule has 2 aliphatic rings. The van der Waals surface area contributed by atoms with Crippen molar-refractivity contribution in [3.63, 3.8) is 0 Å². The highest BCUT2D eigenvalue weighted by molar-refractivity contribution is 6.78. The first-order valence-electron chi connectivity index (χ1n) is 10.9. The van der Waals surface area contributed by atoms with Crippen molar-refractivity contribution in [2.45, 2.75) is 117 Å². The summed E-state index contributed by atoms with van der Waals surface area (Å²) in [6.45, 7) is 18.8. The third-order valence-corrected chi connectivity index (χ3v) is 6.70. The van der Waals surface area contributed by atoms with Crippen molar-refractivity contribution in [2.75, 3.05) is 0 Å². The minimum absolute atomic E-state index is 0.399. The highest BCUT2D eigenvalue weighted by Crippen LogP contribution is 2.43. The maximum absolute atomic E-state index is 6.30. The van der Waals surface area contributed by atoms with E-state index in [0.717, 1.165) is 11.8 Å². The van der Waals surface area contributed by atoms with E-state index in [4.69, 9.17) is 18.6 Å². The predicted molar refractivity (Wildman–Crippen MR) is 118 cm³/mol. The standard InChI is InChI=1S/C22H40B2O4/c1-10-11-12-13-14-15-16-17-18(23-25-19(2,3)20(4,5)26-23)24-27-21(6,7)22(8,9)28-24/h15-17H,10-14H2,1-9H3/b16-15+. The SMILES string of the molecule is CCCCCC/C=C/C=C(B1OC(C)(C)C(C)(C)O1)B1OC(C)(C)C(C)(C)O1. The maximum Gasteiger partial charge on any atom is 0.486 e. The summed E-state index contributed by atoms with van der Waals surface area (Å²) in [5.74, 6) is 0. The molecule has 2 aliphatic heterocycles. The van der Waals surface area contributed by atoms with Gasteiger partial charge in [0, 0.05) is 0 Å². The Bertz CT molecular complexity index is 523. The Morgan fingerprint density at radius 1 is 0.679 bits per heavy atom. The minimum atomic E-state index is -0.482. The van der Waals surface area contributed by atoms with E-state index >= 15 is 0 Å². The van der Waals surface area contributed by atoms with Gasteiger partial charge in [-0.05, 0) is 73.6 Å². The third-order valence-electron chi connectivity index (χ3n) is 6.70. The number of rotatable bonds is 8. The molecule has 0 atom stereocenters. The van der Waals surface area contributed by atoms with E-state index in [-0.39, 0.29) is 0 Å². The smallest absolute Gasteiger partial charge is 0.400 e. The van der Waals surface area contributed by atoms with Crippen molar-refractivity contribution in [3.05, 3.63) is 23.6 Å². The molecular weight excluding hydrogens is 350 g/mol. The summed E-state index contributed by atoms with van der Waals surface area (Å²) in [7, 11) is -0.964. The quantitative estimate of drug-likeness (QED) is 0.303. The van der Waals surface area contributed by atoms with Crippen LogP contribution in [-0.4, -0.2) is 36.6 Å². The zero-order chi connectivity index (χ0) is 21.2. The van der Waals surface area contributed by atoms with Gasteiger partial charge in [-0.3, -0.25) is 0 Å². The van der Waals surface area contributed by atoms with Gasteiger partial charge in [0.2, 0.25) is 0 Å². The van der Waals surface area contributed by atoms with Gasteiger partial charge in [0.05, 0.1) is 22.4 Å². The van der Waals surface area contributed by atoms with Crippen LogP contribution in [0, 0.1) is 0 Å². The molecule has 0 aromatic rings. The van der Waals surface area contributed by atoms with Crippen molar-refractivity contribution < 1.29 is 18.6 Å². The molecule has 0 unspecified atom stereocenters. The summed E-state index contributed by atoms with van der Waals surface area (Å²) in [5, 5.41) is 0.891. The fourth-order valence-electron chi connectivity index (χ4n) is 3.19. The molecule has 0 bridgehead atoms. The van der Waals surface area contributed by atoms with E-state index in [1.54, 1.807) is 0 Å². The minimum Gasteiger partial charge on any atom is -0.400 e. The fraction of sp³-hybridized carbons (Fsp3) is 0.818. The lowest BCUT2D eigenvalue weighted by Gasteiger charge is -2.32.